The van der Waals surface area contributed by atoms with Crippen molar-refractivity contribution in [3.63, 3.8) is 0 Å². The molecule has 2 nitrogen and oxygen atoms in total. The van der Waals surface area contributed by atoms with Gasteiger partial charge in [0, 0.05) is 6.07 Å². The molecule has 0 heterocycles. The van der Waals surface area contributed by atoms with Crippen molar-refractivity contribution >= 4 is 15.9 Å². The van der Waals surface area contributed by atoms with Gasteiger partial charge in [0.1, 0.15) is 17.2 Å². The van der Waals surface area contributed by atoms with Gasteiger partial charge in [0.05, 0.1) is 4.47 Å². The maximum Gasteiger partial charge on any atom is 0.573 e. The van der Waals surface area contributed by atoms with Crippen molar-refractivity contribution in [2.75, 3.05) is 0 Å². The zero-order valence-electron chi connectivity index (χ0n) is 9.45. The summed E-state index contributed by atoms with van der Waals surface area (Å²) in [6.07, 6.45) is -4.74. The number of ether oxygens (including phenoxy) is 2. The van der Waals surface area contributed by atoms with E-state index in [1.807, 2.05) is 6.07 Å². The molecule has 0 aliphatic carbocycles. The molecular weight excluding hydrogens is 325 g/mol. The largest absolute Gasteiger partial charge is 0.573 e. The van der Waals surface area contributed by atoms with E-state index in [4.69, 9.17) is 4.74 Å². The molecule has 0 spiro atoms. The second kappa shape index (κ2) is 5.52. The van der Waals surface area contributed by atoms with E-state index in [9.17, 15) is 13.2 Å². The molecule has 19 heavy (non-hydrogen) atoms. The Bertz CT molecular complexity index is 556. The van der Waals surface area contributed by atoms with Gasteiger partial charge in [-0.25, -0.2) is 0 Å². The van der Waals surface area contributed by atoms with Gasteiger partial charge in [0.2, 0.25) is 0 Å². The Labute approximate surface area is 115 Å². The molecule has 0 fully saturated rings. The molecule has 0 saturated carbocycles. The van der Waals surface area contributed by atoms with Crippen molar-refractivity contribution in [3.05, 3.63) is 53.0 Å². The molecular formula is C13H8BrF3O2. The molecule has 2 aromatic rings. The summed E-state index contributed by atoms with van der Waals surface area (Å²) in [6.45, 7) is 0. The van der Waals surface area contributed by atoms with Gasteiger partial charge < -0.3 is 9.47 Å². The summed E-state index contributed by atoms with van der Waals surface area (Å²) in [4.78, 5) is 0. The van der Waals surface area contributed by atoms with Gasteiger partial charge in [0.25, 0.3) is 0 Å². The van der Waals surface area contributed by atoms with Crippen LogP contribution in [0.3, 0.4) is 0 Å². The lowest BCUT2D eigenvalue weighted by Gasteiger charge is -2.12. The lowest BCUT2D eigenvalue weighted by atomic mass is 10.3. The normalized spacial score (nSPS) is 11.2. The van der Waals surface area contributed by atoms with Crippen molar-refractivity contribution in [2.45, 2.75) is 6.36 Å². The van der Waals surface area contributed by atoms with E-state index >= 15 is 0 Å². The first-order valence-corrected chi connectivity index (χ1v) is 6.01. The maximum atomic E-state index is 12.2. The van der Waals surface area contributed by atoms with Crippen molar-refractivity contribution < 1.29 is 22.6 Å². The third-order valence-electron chi connectivity index (χ3n) is 2.11. The van der Waals surface area contributed by atoms with E-state index in [1.54, 1.807) is 30.3 Å². The van der Waals surface area contributed by atoms with Gasteiger partial charge >= 0.3 is 6.36 Å². The average Bonchev–Trinajstić information content (AvgIpc) is 2.33. The first-order chi connectivity index (χ1) is 8.94. The fraction of sp³-hybridized carbons (Fsp3) is 0.0769. The van der Waals surface area contributed by atoms with Gasteiger partial charge in [0.15, 0.2) is 0 Å². The molecule has 2 rings (SSSR count). The number of hydrogen-bond donors (Lipinski definition) is 0. The van der Waals surface area contributed by atoms with E-state index in [0.29, 0.717) is 5.75 Å². The van der Waals surface area contributed by atoms with Gasteiger partial charge in [-0.15, -0.1) is 13.2 Å². The highest BCUT2D eigenvalue weighted by Crippen LogP contribution is 2.34. The third-order valence-corrected chi connectivity index (χ3v) is 2.76. The van der Waals surface area contributed by atoms with Crippen LogP contribution in [0.15, 0.2) is 53.0 Å². The Morgan fingerprint density at radius 1 is 0.895 bits per heavy atom. The monoisotopic (exact) mass is 332 g/mol. The first kappa shape index (κ1) is 13.7. The highest BCUT2D eigenvalue weighted by atomic mass is 79.9. The predicted octanol–water partition coefficient (Wildman–Crippen LogP) is 5.14. The van der Waals surface area contributed by atoms with Crippen molar-refractivity contribution in [1.29, 1.82) is 0 Å². The lowest BCUT2D eigenvalue weighted by Crippen LogP contribution is -2.17. The zero-order chi connectivity index (χ0) is 13.9. The van der Waals surface area contributed by atoms with E-state index in [1.165, 1.54) is 12.1 Å². The van der Waals surface area contributed by atoms with Crippen LogP contribution in [0.4, 0.5) is 13.2 Å². The van der Waals surface area contributed by atoms with Crippen LogP contribution < -0.4 is 9.47 Å². The minimum atomic E-state index is -4.74. The van der Waals surface area contributed by atoms with Crippen LogP contribution >= 0.6 is 15.9 Å². The number of alkyl halides is 3. The minimum Gasteiger partial charge on any atom is -0.457 e. The number of benzene rings is 2. The van der Waals surface area contributed by atoms with Crippen LogP contribution in [0.2, 0.25) is 0 Å². The average molecular weight is 333 g/mol. The Hall–Kier alpha value is -1.69. The van der Waals surface area contributed by atoms with E-state index < -0.39 is 6.36 Å². The van der Waals surface area contributed by atoms with Crippen LogP contribution in [0.1, 0.15) is 0 Å². The summed E-state index contributed by atoms with van der Waals surface area (Å²) in [5.41, 5.74) is 0. The van der Waals surface area contributed by atoms with Crippen LogP contribution in [0, 0.1) is 0 Å². The summed E-state index contributed by atoms with van der Waals surface area (Å²) >= 11 is 2.99. The number of rotatable bonds is 3. The van der Waals surface area contributed by atoms with E-state index in [-0.39, 0.29) is 16.0 Å². The summed E-state index contributed by atoms with van der Waals surface area (Å²) in [7, 11) is 0. The molecule has 0 amide bonds. The molecule has 0 bridgehead atoms. The fourth-order valence-corrected chi connectivity index (χ4v) is 1.70. The van der Waals surface area contributed by atoms with Crippen LogP contribution in [-0.4, -0.2) is 6.36 Å². The van der Waals surface area contributed by atoms with Gasteiger partial charge in [-0.3, -0.25) is 0 Å². The van der Waals surface area contributed by atoms with Gasteiger partial charge in [-0.2, -0.15) is 0 Å². The minimum absolute atomic E-state index is 0.199. The van der Waals surface area contributed by atoms with E-state index in [0.717, 1.165) is 0 Å². The molecule has 0 saturated heterocycles. The Kier molecular flexibility index (Phi) is 3.99. The molecule has 0 aromatic heterocycles. The topological polar surface area (TPSA) is 18.5 Å². The summed E-state index contributed by atoms with van der Waals surface area (Å²) in [5.74, 6) is 0.442. The molecule has 0 radical (unpaired) electrons. The quantitative estimate of drug-likeness (QED) is 0.774. The second-order valence-electron chi connectivity index (χ2n) is 3.56. The van der Waals surface area contributed by atoms with Crippen LogP contribution in [-0.2, 0) is 0 Å². The first-order valence-electron chi connectivity index (χ1n) is 5.22. The highest BCUT2D eigenvalue weighted by Gasteiger charge is 2.32. The number of hydrogen-bond acceptors (Lipinski definition) is 2. The summed E-state index contributed by atoms with van der Waals surface area (Å²) < 4.78 is 46.1. The molecule has 100 valence electrons. The lowest BCUT2D eigenvalue weighted by molar-refractivity contribution is -0.274. The third kappa shape index (κ3) is 4.17. The van der Waals surface area contributed by atoms with E-state index in [2.05, 4.69) is 20.7 Å². The van der Waals surface area contributed by atoms with Crippen molar-refractivity contribution in [1.82, 2.24) is 0 Å². The Morgan fingerprint density at radius 3 is 2.21 bits per heavy atom. The predicted molar refractivity (Wildman–Crippen MR) is 67.3 cm³/mol. The maximum absolute atomic E-state index is 12.2. The molecule has 0 aliphatic heterocycles. The van der Waals surface area contributed by atoms with Gasteiger partial charge in [-0.1, -0.05) is 18.2 Å². The molecule has 6 heteroatoms. The smallest absolute Gasteiger partial charge is 0.457 e. The number of para-hydroxylation sites is 1. The Morgan fingerprint density at radius 2 is 1.58 bits per heavy atom. The fourth-order valence-electron chi connectivity index (χ4n) is 1.37. The number of halogens is 4. The SMILES string of the molecule is FC(F)(F)Oc1cc(Oc2ccccc2)ccc1Br. The molecule has 0 aliphatic rings. The van der Waals surface area contributed by atoms with Crippen molar-refractivity contribution in [2.24, 2.45) is 0 Å². The van der Waals surface area contributed by atoms with Crippen LogP contribution in [0.5, 0.6) is 17.2 Å². The zero-order valence-corrected chi connectivity index (χ0v) is 11.0. The van der Waals surface area contributed by atoms with Crippen LogP contribution in [0.25, 0.3) is 0 Å². The molecule has 0 atom stereocenters. The summed E-state index contributed by atoms with van der Waals surface area (Å²) in [6, 6.07) is 12.9. The highest BCUT2D eigenvalue weighted by molar-refractivity contribution is 9.10. The molecule has 0 N–H and O–H groups in total. The van der Waals surface area contributed by atoms with Gasteiger partial charge in [-0.05, 0) is 40.2 Å². The van der Waals surface area contributed by atoms with Crippen molar-refractivity contribution in [3.8, 4) is 17.2 Å². The summed E-state index contributed by atoms with van der Waals surface area (Å²) in [5, 5.41) is 0. The molecule has 2 aromatic carbocycles. The second-order valence-corrected chi connectivity index (χ2v) is 4.41. The Balaban J connectivity index is 2.21. The molecule has 0 unspecified atom stereocenters. The standard InChI is InChI=1S/C13H8BrF3O2/c14-11-7-6-10(8-12(11)19-13(15,16)17)18-9-4-2-1-3-5-9/h1-8H.